The highest BCUT2D eigenvalue weighted by atomic mass is 15.1. The van der Waals surface area contributed by atoms with Crippen LogP contribution in [0.15, 0.2) is 231 Å². The molecule has 4 heteroatoms. The Morgan fingerprint density at radius 1 is 0.188 bits per heavy atom. The van der Waals surface area contributed by atoms with Crippen LogP contribution in [-0.4, -0.2) is 18.3 Å². The van der Waals surface area contributed by atoms with Gasteiger partial charge in [-0.1, -0.05) is 164 Å². The number of aromatic nitrogens is 4. The second-order valence-corrected chi connectivity index (χ2v) is 16.9. The molecule has 14 aromatic rings. The fraction of sp³-hybridized carbons (Fsp3) is 0. The fourth-order valence-corrected chi connectivity index (χ4v) is 10.9. The molecule has 4 aromatic heterocycles. The average Bonchev–Trinajstić information content (AvgIpc) is 4.10. The molecule has 0 fully saturated rings. The van der Waals surface area contributed by atoms with Gasteiger partial charge in [0.1, 0.15) is 0 Å². The highest BCUT2D eigenvalue weighted by Gasteiger charge is 2.24. The van der Waals surface area contributed by atoms with Crippen LogP contribution >= 0.6 is 0 Å². The van der Waals surface area contributed by atoms with Gasteiger partial charge in [-0.25, -0.2) is 0 Å². The van der Waals surface area contributed by atoms with Gasteiger partial charge in [0, 0.05) is 65.8 Å². The van der Waals surface area contributed by atoms with Crippen molar-refractivity contribution in [3.8, 4) is 33.9 Å². The van der Waals surface area contributed by atoms with Gasteiger partial charge in [-0.05, 0) is 77.9 Å². The molecule has 298 valence electrons. The molecule has 0 radical (unpaired) electrons. The van der Waals surface area contributed by atoms with Crippen molar-refractivity contribution in [1.29, 1.82) is 0 Å². The summed E-state index contributed by atoms with van der Waals surface area (Å²) < 4.78 is 10.0. The molecule has 14 rings (SSSR count). The lowest BCUT2D eigenvalue weighted by Gasteiger charge is -2.17. The smallest absolute Gasteiger partial charge is 0.0788 e. The molecule has 0 aliphatic heterocycles. The number of nitrogens with zero attached hydrogens (tertiary/aromatic N) is 4. The fourth-order valence-electron chi connectivity index (χ4n) is 10.9. The molecule has 0 aliphatic rings. The van der Waals surface area contributed by atoms with E-state index in [1.807, 2.05) is 0 Å². The van der Waals surface area contributed by atoms with Gasteiger partial charge >= 0.3 is 0 Å². The molecular weight excluding hydrogens is 777 g/mol. The summed E-state index contributed by atoms with van der Waals surface area (Å²) in [6.07, 6.45) is 0. The Morgan fingerprint density at radius 3 is 0.812 bits per heavy atom. The third-order valence-electron chi connectivity index (χ3n) is 13.5. The predicted molar refractivity (Wildman–Crippen MR) is 269 cm³/mol. The molecule has 0 aliphatic carbocycles. The summed E-state index contributed by atoms with van der Waals surface area (Å²) in [4.78, 5) is 0. The highest BCUT2D eigenvalue weighted by Crippen LogP contribution is 2.45. The van der Waals surface area contributed by atoms with Crippen LogP contribution in [-0.2, 0) is 0 Å². The van der Waals surface area contributed by atoms with Crippen LogP contribution in [0.25, 0.3) is 121 Å². The first kappa shape index (κ1) is 35.0. The van der Waals surface area contributed by atoms with Crippen molar-refractivity contribution in [2.75, 3.05) is 0 Å². The molecular formula is C60H38N4. The van der Waals surface area contributed by atoms with E-state index in [-0.39, 0.29) is 0 Å². The van der Waals surface area contributed by atoms with Crippen LogP contribution in [0, 0.1) is 0 Å². The van der Waals surface area contributed by atoms with Crippen molar-refractivity contribution in [2.24, 2.45) is 0 Å². The number of rotatable bonds is 5. The van der Waals surface area contributed by atoms with E-state index < -0.39 is 0 Å². The van der Waals surface area contributed by atoms with Crippen LogP contribution in [0.5, 0.6) is 0 Å². The summed E-state index contributed by atoms with van der Waals surface area (Å²) in [5.41, 5.74) is 16.3. The minimum atomic E-state index is 1.10. The van der Waals surface area contributed by atoms with Crippen molar-refractivity contribution in [1.82, 2.24) is 18.3 Å². The van der Waals surface area contributed by atoms with Crippen molar-refractivity contribution in [3.05, 3.63) is 231 Å². The maximum atomic E-state index is 2.53. The van der Waals surface area contributed by atoms with E-state index >= 15 is 0 Å². The van der Waals surface area contributed by atoms with Gasteiger partial charge in [0.2, 0.25) is 0 Å². The summed E-state index contributed by atoms with van der Waals surface area (Å²) >= 11 is 0. The van der Waals surface area contributed by atoms with Gasteiger partial charge in [-0.2, -0.15) is 0 Å². The van der Waals surface area contributed by atoms with Crippen molar-refractivity contribution < 1.29 is 0 Å². The minimum absolute atomic E-state index is 1.10. The first-order valence-electron chi connectivity index (χ1n) is 22.0. The third kappa shape index (κ3) is 4.88. The van der Waals surface area contributed by atoms with E-state index in [4.69, 9.17) is 0 Å². The molecule has 4 nitrogen and oxygen atoms in total. The first-order valence-corrected chi connectivity index (χ1v) is 22.0. The molecule has 0 bridgehead atoms. The molecule has 0 spiro atoms. The summed E-state index contributed by atoms with van der Waals surface area (Å²) in [7, 11) is 0. The number of hydrogen-bond acceptors (Lipinski definition) is 0. The summed E-state index contributed by atoms with van der Waals surface area (Å²) in [6, 6.07) is 84.6. The van der Waals surface area contributed by atoms with Gasteiger partial charge in [0.15, 0.2) is 0 Å². The maximum Gasteiger partial charge on any atom is 0.0788 e. The van der Waals surface area contributed by atoms with Crippen molar-refractivity contribution >= 4 is 87.2 Å². The summed E-state index contributed by atoms with van der Waals surface area (Å²) in [5.74, 6) is 0. The Bertz CT molecular complexity index is 3920. The predicted octanol–water partition coefficient (Wildman–Crippen LogP) is 15.7. The minimum Gasteiger partial charge on any atom is -0.307 e. The lowest BCUT2D eigenvalue weighted by atomic mass is 10.0. The van der Waals surface area contributed by atoms with Crippen molar-refractivity contribution in [2.45, 2.75) is 0 Å². The molecule has 10 aromatic carbocycles. The summed E-state index contributed by atoms with van der Waals surface area (Å²) in [5, 5.41) is 9.83. The van der Waals surface area contributed by atoms with Gasteiger partial charge in [0.25, 0.3) is 0 Å². The van der Waals surface area contributed by atoms with Gasteiger partial charge in [-0.15, -0.1) is 0 Å². The zero-order valence-corrected chi connectivity index (χ0v) is 34.7. The zero-order chi connectivity index (χ0) is 41.9. The third-order valence-corrected chi connectivity index (χ3v) is 13.5. The molecule has 0 N–H and O–H groups in total. The standard InChI is InChI=1S/C60H38N4/c1-4-18-39(19-5-1)40-36-43(63-55-30-16-12-26-47(55)51-34-32-49-45-24-10-14-28-53(45)61(57(49)59(51)63)41-20-6-2-7-21-41)38-44(37-40)64-56-31-17-13-27-48(56)52-35-33-50-46-25-11-15-29-54(46)62(58(50)60(52)64)42-22-8-3-9-23-42/h1-38H. The van der Waals surface area contributed by atoms with E-state index in [0.29, 0.717) is 0 Å². The average molecular weight is 815 g/mol. The highest BCUT2D eigenvalue weighted by molar-refractivity contribution is 6.25. The van der Waals surface area contributed by atoms with Crippen molar-refractivity contribution in [3.63, 3.8) is 0 Å². The van der Waals surface area contributed by atoms with E-state index in [1.54, 1.807) is 0 Å². The topological polar surface area (TPSA) is 19.7 Å². The Balaban J connectivity index is 1.17. The second-order valence-electron chi connectivity index (χ2n) is 16.9. The zero-order valence-electron chi connectivity index (χ0n) is 34.7. The normalized spacial score (nSPS) is 12.1. The Labute approximate surface area is 368 Å². The van der Waals surface area contributed by atoms with Gasteiger partial charge in [0.05, 0.1) is 44.1 Å². The largest absolute Gasteiger partial charge is 0.307 e. The Hall–Kier alpha value is -8.60. The van der Waals surface area contributed by atoms with Crippen LogP contribution in [0.4, 0.5) is 0 Å². The number of hydrogen-bond donors (Lipinski definition) is 0. The molecule has 64 heavy (non-hydrogen) atoms. The van der Waals surface area contributed by atoms with E-state index in [2.05, 4.69) is 249 Å². The monoisotopic (exact) mass is 814 g/mol. The summed E-state index contributed by atoms with van der Waals surface area (Å²) in [6.45, 7) is 0. The number of para-hydroxylation sites is 6. The molecule has 0 saturated heterocycles. The lowest BCUT2D eigenvalue weighted by Crippen LogP contribution is -2.02. The number of benzene rings is 10. The van der Waals surface area contributed by atoms with E-state index in [0.717, 1.165) is 28.3 Å². The van der Waals surface area contributed by atoms with E-state index in [1.165, 1.54) is 92.8 Å². The molecule has 0 unspecified atom stereocenters. The first-order chi connectivity index (χ1) is 31.8. The quantitative estimate of drug-likeness (QED) is 0.165. The van der Waals surface area contributed by atoms with Gasteiger partial charge < -0.3 is 18.3 Å². The van der Waals surface area contributed by atoms with E-state index in [9.17, 15) is 0 Å². The lowest BCUT2D eigenvalue weighted by molar-refractivity contribution is 1.12. The maximum absolute atomic E-state index is 2.53. The molecule has 0 atom stereocenters. The SMILES string of the molecule is c1ccc(-c2cc(-n3c4ccccc4c4ccc5c6ccccc6n(-c6ccccc6)c5c43)cc(-n3c4ccccc4c4ccc5c6ccccc6n(-c6ccccc6)c5c43)c2)cc1. The second kappa shape index (κ2) is 13.4. The van der Waals surface area contributed by atoms with Crippen LogP contribution < -0.4 is 0 Å². The Kier molecular flexibility index (Phi) is 7.36. The Morgan fingerprint density at radius 2 is 0.469 bits per heavy atom. The van der Waals surface area contributed by atoms with Gasteiger partial charge in [-0.3, -0.25) is 0 Å². The van der Waals surface area contributed by atoms with Crippen LogP contribution in [0.2, 0.25) is 0 Å². The molecule has 0 amide bonds. The number of fused-ring (bicyclic) bond motifs is 14. The molecule has 4 heterocycles. The van der Waals surface area contributed by atoms with Crippen LogP contribution in [0.1, 0.15) is 0 Å². The van der Waals surface area contributed by atoms with Crippen LogP contribution in [0.3, 0.4) is 0 Å². The molecule has 0 saturated carbocycles.